The number of halogens is 2. The van der Waals surface area contributed by atoms with E-state index in [1.165, 1.54) is 12.1 Å². The molecule has 0 aromatic heterocycles. The Hall–Kier alpha value is -3.19. The molecular weight excluding hydrogens is 406 g/mol. The highest BCUT2D eigenvalue weighted by atomic mass is 32.2. The van der Waals surface area contributed by atoms with Crippen molar-refractivity contribution < 1.29 is 18.4 Å². The van der Waals surface area contributed by atoms with Crippen LogP contribution in [0.3, 0.4) is 0 Å². The van der Waals surface area contributed by atoms with Gasteiger partial charge in [0, 0.05) is 16.1 Å². The third-order valence-electron chi connectivity index (χ3n) is 4.30. The van der Waals surface area contributed by atoms with Crippen LogP contribution in [0.15, 0.2) is 89.8 Å². The first-order chi connectivity index (χ1) is 14.5. The largest absolute Gasteiger partial charge is 0.345 e. The predicted molar refractivity (Wildman–Crippen MR) is 115 cm³/mol. The van der Waals surface area contributed by atoms with Crippen LogP contribution in [0, 0.1) is 0 Å². The molecule has 0 fully saturated rings. The lowest BCUT2D eigenvalue weighted by Gasteiger charge is -2.19. The number of amides is 2. The highest BCUT2D eigenvalue weighted by molar-refractivity contribution is 7.99. The normalized spacial score (nSPS) is 11.7. The molecule has 30 heavy (non-hydrogen) atoms. The van der Waals surface area contributed by atoms with Gasteiger partial charge in [-0.3, -0.25) is 9.59 Å². The molecule has 0 bridgehead atoms. The zero-order valence-corrected chi connectivity index (χ0v) is 16.7. The van der Waals surface area contributed by atoms with Crippen molar-refractivity contribution in [2.24, 2.45) is 0 Å². The number of hydrogen-bond donors (Lipinski definition) is 2. The van der Waals surface area contributed by atoms with Crippen molar-refractivity contribution in [2.75, 3.05) is 5.32 Å². The second-order valence-electron chi connectivity index (χ2n) is 6.46. The number of rotatable bonds is 8. The average Bonchev–Trinajstić information content (AvgIpc) is 2.75. The van der Waals surface area contributed by atoms with Crippen molar-refractivity contribution in [3.63, 3.8) is 0 Å². The Morgan fingerprint density at radius 1 is 0.833 bits per heavy atom. The van der Waals surface area contributed by atoms with E-state index in [1.807, 2.05) is 36.4 Å². The number of thioether (sulfide) groups is 1. The lowest BCUT2D eigenvalue weighted by atomic mass is 10.0. The summed E-state index contributed by atoms with van der Waals surface area (Å²) in [6, 6.07) is 23.7. The summed E-state index contributed by atoms with van der Waals surface area (Å²) in [5.74, 6) is -3.07. The van der Waals surface area contributed by atoms with Gasteiger partial charge in [0.1, 0.15) is 0 Å². The fourth-order valence-electron chi connectivity index (χ4n) is 2.89. The van der Waals surface area contributed by atoms with E-state index in [-0.39, 0.29) is 18.2 Å². The first-order valence-corrected chi connectivity index (χ1v) is 10.1. The summed E-state index contributed by atoms with van der Waals surface area (Å²) in [7, 11) is 0. The van der Waals surface area contributed by atoms with Gasteiger partial charge in [0.15, 0.2) is 0 Å². The fourth-order valence-corrected chi connectivity index (χ4v) is 3.38. The van der Waals surface area contributed by atoms with Gasteiger partial charge in [-0.1, -0.05) is 60.3 Å². The molecule has 3 rings (SSSR count). The van der Waals surface area contributed by atoms with Crippen LogP contribution in [-0.4, -0.2) is 17.6 Å². The molecule has 0 saturated carbocycles. The van der Waals surface area contributed by atoms with Crippen LogP contribution in [0.4, 0.5) is 14.5 Å². The van der Waals surface area contributed by atoms with E-state index >= 15 is 0 Å². The highest BCUT2D eigenvalue weighted by Crippen LogP contribution is 2.26. The van der Waals surface area contributed by atoms with Crippen LogP contribution in [0.2, 0.25) is 0 Å². The maximum atomic E-state index is 12.6. The molecule has 1 unspecified atom stereocenters. The summed E-state index contributed by atoms with van der Waals surface area (Å²) in [6.45, 7) is 0. The van der Waals surface area contributed by atoms with E-state index in [4.69, 9.17) is 0 Å². The molecule has 3 aromatic carbocycles. The topological polar surface area (TPSA) is 58.2 Å². The van der Waals surface area contributed by atoms with Crippen LogP contribution in [0.5, 0.6) is 0 Å². The molecule has 3 aromatic rings. The van der Waals surface area contributed by atoms with Crippen molar-refractivity contribution in [3.8, 4) is 0 Å². The minimum Gasteiger partial charge on any atom is -0.345 e. The van der Waals surface area contributed by atoms with Gasteiger partial charge in [0.05, 0.1) is 12.5 Å². The Morgan fingerprint density at radius 3 is 2.03 bits per heavy atom. The second kappa shape index (κ2) is 10.5. The van der Waals surface area contributed by atoms with E-state index in [1.54, 1.807) is 36.4 Å². The molecule has 2 N–H and O–H groups in total. The minimum absolute atomic E-state index is 0.0239. The number of hydrogen-bond acceptors (Lipinski definition) is 3. The molecule has 1 atom stereocenters. The Labute approximate surface area is 177 Å². The average molecular weight is 426 g/mol. The standard InChI is InChI=1S/C23H20F2N2O2S/c24-23(25)30-19-13-11-18(12-14-19)26-21(28)15-20(16-7-3-1-4-8-16)27-22(29)17-9-5-2-6-10-17/h1-14,20,23H,15H2,(H,26,28)(H,27,29). The molecule has 7 heteroatoms. The summed E-state index contributed by atoms with van der Waals surface area (Å²) >= 11 is 0.445. The molecule has 0 radical (unpaired) electrons. The summed E-state index contributed by atoms with van der Waals surface area (Å²) in [5.41, 5.74) is 1.81. The number of nitrogens with one attached hydrogen (secondary N) is 2. The van der Waals surface area contributed by atoms with Crippen molar-refractivity contribution >= 4 is 29.3 Å². The molecule has 0 aliphatic carbocycles. The van der Waals surface area contributed by atoms with Gasteiger partial charge >= 0.3 is 0 Å². The maximum absolute atomic E-state index is 12.6. The van der Waals surface area contributed by atoms with Crippen LogP contribution in [0.1, 0.15) is 28.4 Å². The van der Waals surface area contributed by atoms with E-state index in [2.05, 4.69) is 10.6 Å². The van der Waals surface area contributed by atoms with Gasteiger partial charge in [-0.05, 0) is 42.0 Å². The van der Waals surface area contributed by atoms with E-state index in [0.29, 0.717) is 27.9 Å². The highest BCUT2D eigenvalue weighted by Gasteiger charge is 2.19. The molecule has 0 aliphatic heterocycles. The summed E-state index contributed by atoms with van der Waals surface area (Å²) in [6.07, 6.45) is 0.0239. The molecule has 0 heterocycles. The maximum Gasteiger partial charge on any atom is 0.288 e. The zero-order chi connectivity index (χ0) is 21.3. The lowest BCUT2D eigenvalue weighted by molar-refractivity contribution is -0.116. The van der Waals surface area contributed by atoms with Crippen LogP contribution >= 0.6 is 11.8 Å². The predicted octanol–water partition coefficient (Wildman–Crippen LogP) is 5.50. The van der Waals surface area contributed by atoms with Crippen LogP contribution < -0.4 is 10.6 Å². The fraction of sp³-hybridized carbons (Fsp3) is 0.130. The quantitative estimate of drug-likeness (QED) is 0.468. The second-order valence-corrected chi connectivity index (χ2v) is 7.52. The summed E-state index contributed by atoms with van der Waals surface area (Å²) in [4.78, 5) is 25.6. The minimum atomic E-state index is -2.50. The monoisotopic (exact) mass is 426 g/mol. The Bertz CT molecular complexity index is 968. The molecule has 4 nitrogen and oxygen atoms in total. The number of benzene rings is 3. The number of carbonyl (C=O) groups is 2. The van der Waals surface area contributed by atoms with Crippen LogP contribution in [-0.2, 0) is 4.79 Å². The third-order valence-corrected chi connectivity index (χ3v) is 5.02. The van der Waals surface area contributed by atoms with E-state index in [9.17, 15) is 18.4 Å². The van der Waals surface area contributed by atoms with Gasteiger partial charge in [-0.15, -0.1) is 0 Å². The van der Waals surface area contributed by atoms with Crippen molar-refractivity contribution in [3.05, 3.63) is 96.1 Å². The van der Waals surface area contributed by atoms with E-state index in [0.717, 1.165) is 5.56 Å². The van der Waals surface area contributed by atoms with Crippen molar-refractivity contribution in [1.29, 1.82) is 0 Å². The van der Waals surface area contributed by atoms with Gasteiger partial charge in [-0.2, -0.15) is 8.78 Å². The first kappa shape index (κ1) is 21.5. The van der Waals surface area contributed by atoms with Crippen LogP contribution in [0.25, 0.3) is 0 Å². The first-order valence-electron chi connectivity index (χ1n) is 9.27. The van der Waals surface area contributed by atoms with Gasteiger partial charge in [0.2, 0.25) is 5.91 Å². The molecular formula is C23H20F2N2O2S. The molecule has 2 amide bonds. The smallest absolute Gasteiger partial charge is 0.288 e. The lowest BCUT2D eigenvalue weighted by Crippen LogP contribution is -2.31. The molecule has 0 spiro atoms. The molecule has 0 aliphatic rings. The zero-order valence-electron chi connectivity index (χ0n) is 15.9. The van der Waals surface area contributed by atoms with Crippen molar-refractivity contribution in [2.45, 2.75) is 23.1 Å². The summed E-state index contributed by atoms with van der Waals surface area (Å²) < 4.78 is 24.8. The Morgan fingerprint density at radius 2 is 1.43 bits per heavy atom. The number of anilines is 1. The summed E-state index contributed by atoms with van der Waals surface area (Å²) in [5, 5.41) is 5.66. The number of carbonyl (C=O) groups excluding carboxylic acids is 2. The SMILES string of the molecule is O=C(CC(NC(=O)c1ccccc1)c1ccccc1)Nc1ccc(SC(F)F)cc1. The molecule has 154 valence electrons. The van der Waals surface area contributed by atoms with E-state index < -0.39 is 11.8 Å². The molecule has 0 saturated heterocycles. The third kappa shape index (κ3) is 6.42. The Kier molecular flexibility index (Phi) is 7.57. The van der Waals surface area contributed by atoms with Gasteiger partial charge in [-0.25, -0.2) is 0 Å². The van der Waals surface area contributed by atoms with Gasteiger partial charge in [0.25, 0.3) is 11.7 Å². The van der Waals surface area contributed by atoms with Gasteiger partial charge < -0.3 is 10.6 Å². The van der Waals surface area contributed by atoms with Crippen molar-refractivity contribution in [1.82, 2.24) is 5.32 Å². The Balaban J connectivity index is 1.68. The number of alkyl halides is 2.